The van der Waals surface area contributed by atoms with Gasteiger partial charge in [-0.05, 0) is 30.9 Å². The molecule has 1 aliphatic rings. The maximum Gasteiger partial charge on any atom is 0.246 e. The van der Waals surface area contributed by atoms with Crippen LogP contribution in [0.1, 0.15) is 24.6 Å². The van der Waals surface area contributed by atoms with Gasteiger partial charge in [0.1, 0.15) is 17.8 Å². The monoisotopic (exact) mass is 403 g/mol. The van der Waals surface area contributed by atoms with Crippen molar-refractivity contribution >= 4 is 22.8 Å². The van der Waals surface area contributed by atoms with Crippen LogP contribution in [0.15, 0.2) is 43.4 Å². The molecule has 3 aromatic heterocycles. The Morgan fingerprint density at radius 3 is 3.07 bits per heavy atom. The van der Waals surface area contributed by atoms with Gasteiger partial charge in [0, 0.05) is 25.4 Å². The number of fused-ring (bicyclic) bond motifs is 1. The molecular formula is C21H21N7O2. The summed E-state index contributed by atoms with van der Waals surface area (Å²) < 4.78 is 7.32. The molecule has 0 radical (unpaired) electrons. The molecule has 4 heterocycles. The average molecular weight is 403 g/mol. The highest BCUT2D eigenvalue weighted by Gasteiger charge is 2.27. The molecule has 1 aliphatic heterocycles. The lowest BCUT2D eigenvalue weighted by molar-refractivity contribution is -0.127. The second-order valence-electron chi connectivity index (χ2n) is 6.79. The number of nitrogens with zero attached hydrogens (tertiary/aromatic N) is 6. The molecule has 30 heavy (non-hydrogen) atoms. The number of hydrogen-bond acceptors (Lipinski definition) is 7. The molecule has 4 rings (SSSR count). The van der Waals surface area contributed by atoms with Crippen LogP contribution in [0.4, 0.5) is 5.82 Å². The molecule has 1 fully saturated rings. The van der Waals surface area contributed by atoms with Gasteiger partial charge in [0.2, 0.25) is 11.8 Å². The van der Waals surface area contributed by atoms with E-state index in [1.807, 2.05) is 12.1 Å². The summed E-state index contributed by atoms with van der Waals surface area (Å²) in [5.74, 6) is 6.69. The van der Waals surface area contributed by atoms with Crippen molar-refractivity contribution in [2.45, 2.75) is 18.9 Å². The number of nitrogens with two attached hydrogens (primary N) is 1. The summed E-state index contributed by atoms with van der Waals surface area (Å²) in [6, 6.07) is 5.39. The summed E-state index contributed by atoms with van der Waals surface area (Å²) >= 11 is 0. The topological polar surface area (TPSA) is 112 Å². The van der Waals surface area contributed by atoms with E-state index in [1.54, 1.807) is 21.8 Å². The predicted octanol–water partition coefficient (Wildman–Crippen LogP) is 1.58. The second kappa shape index (κ2) is 8.61. The number of hydrogen-bond donors (Lipinski definition) is 1. The minimum Gasteiger partial charge on any atom is -0.464 e. The lowest BCUT2D eigenvalue weighted by atomic mass is 10.1. The number of ether oxygens (including phenoxy) is 1. The Morgan fingerprint density at radius 1 is 1.37 bits per heavy atom. The molecule has 1 saturated heterocycles. The van der Waals surface area contributed by atoms with Crippen LogP contribution in [0.25, 0.3) is 11.0 Å². The van der Waals surface area contributed by atoms with Crippen LogP contribution < -0.4 is 10.5 Å². The van der Waals surface area contributed by atoms with Crippen LogP contribution in [0, 0.1) is 11.8 Å². The molecule has 0 aliphatic carbocycles. The third-order valence-electron chi connectivity index (χ3n) is 4.88. The number of piperidine rings is 1. The lowest BCUT2D eigenvalue weighted by Crippen LogP contribution is -2.40. The average Bonchev–Trinajstić information content (AvgIpc) is 3.17. The first-order valence-electron chi connectivity index (χ1n) is 9.60. The van der Waals surface area contributed by atoms with Crippen LogP contribution in [-0.2, 0) is 4.79 Å². The van der Waals surface area contributed by atoms with Crippen molar-refractivity contribution in [2.75, 3.05) is 25.4 Å². The van der Waals surface area contributed by atoms with Crippen LogP contribution in [-0.4, -0.2) is 55.2 Å². The van der Waals surface area contributed by atoms with Crippen LogP contribution in [0.3, 0.4) is 0 Å². The molecule has 0 aromatic carbocycles. The van der Waals surface area contributed by atoms with E-state index in [1.165, 1.54) is 12.4 Å². The fraction of sp³-hybridized carbons (Fsp3) is 0.286. The number of anilines is 1. The molecule has 3 aromatic rings. The van der Waals surface area contributed by atoms with E-state index >= 15 is 0 Å². The third-order valence-corrected chi connectivity index (χ3v) is 4.88. The first-order chi connectivity index (χ1) is 14.7. The van der Waals surface area contributed by atoms with Gasteiger partial charge in [0.05, 0.1) is 11.4 Å². The van der Waals surface area contributed by atoms with Gasteiger partial charge in [0.25, 0.3) is 0 Å². The van der Waals surface area contributed by atoms with Gasteiger partial charge in [-0.2, -0.15) is 5.10 Å². The standard InChI is InChI=1S/C21H21N7O2/c1-2-18(29)27-11-5-7-15(13-27)28-21-19(20(22)24-14-25-21)16(26-28)8-6-12-30-17-9-3-4-10-23-17/h2-4,9-10,14-15H,1,5,7,11-13H2,(H2,22,24,25)/t15-/m1/s1. The van der Waals surface area contributed by atoms with Crippen molar-refractivity contribution in [3.8, 4) is 17.7 Å². The smallest absolute Gasteiger partial charge is 0.246 e. The Labute approximate surface area is 173 Å². The van der Waals surface area contributed by atoms with Gasteiger partial charge >= 0.3 is 0 Å². The van der Waals surface area contributed by atoms with Crippen molar-refractivity contribution in [3.05, 3.63) is 49.1 Å². The maximum atomic E-state index is 12.0. The molecule has 9 nitrogen and oxygen atoms in total. The molecule has 0 spiro atoms. The van der Waals surface area contributed by atoms with Gasteiger partial charge in [0.15, 0.2) is 12.3 Å². The number of pyridine rings is 1. The predicted molar refractivity (Wildman–Crippen MR) is 111 cm³/mol. The number of aromatic nitrogens is 5. The van der Waals surface area contributed by atoms with E-state index in [4.69, 9.17) is 10.5 Å². The van der Waals surface area contributed by atoms with E-state index in [-0.39, 0.29) is 18.6 Å². The fourth-order valence-corrected chi connectivity index (χ4v) is 3.48. The van der Waals surface area contributed by atoms with Crippen molar-refractivity contribution in [3.63, 3.8) is 0 Å². The number of carbonyl (C=O) groups is 1. The quantitative estimate of drug-likeness (QED) is 0.520. The van der Waals surface area contributed by atoms with Gasteiger partial charge in [-0.25, -0.2) is 19.6 Å². The summed E-state index contributed by atoms with van der Waals surface area (Å²) in [5.41, 5.74) is 7.19. The molecule has 0 saturated carbocycles. The molecule has 0 unspecified atom stereocenters. The second-order valence-corrected chi connectivity index (χ2v) is 6.79. The van der Waals surface area contributed by atoms with E-state index in [0.29, 0.717) is 41.5 Å². The van der Waals surface area contributed by atoms with E-state index < -0.39 is 0 Å². The van der Waals surface area contributed by atoms with E-state index in [9.17, 15) is 4.79 Å². The Bertz CT molecular complexity index is 1130. The largest absolute Gasteiger partial charge is 0.464 e. The van der Waals surface area contributed by atoms with Crippen molar-refractivity contribution < 1.29 is 9.53 Å². The number of nitrogen functional groups attached to an aromatic ring is 1. The highest BCUT2D eigenvalue weighted by Crippen LogP contribution is 2.28. The van der Waals surface area contributed by atoms with Crippen LogP contribution >= 0.6 is 0 Å². The maximum absolute atomic E-state index is 12.0. The fourth-order valence-electron chi connectivity index (χ4n) is 3.48. The Balaban J connectivity index is 1.61. The molecule has 0 bridgehead atoms. The summed E-state index contributed by atoms with van der Waals surface area (Å²) in [6.45, 7) is 4.97. The zero-order chi connectivity index (χ0) is 20.9. The first kappa shape index (κ1) is 19.4. The van der Waals surface area contributed by atoms with Crippen LogP contribution in [0.2, 0.25) is 0 Å². The highest BCUT2D eigenvalue weighted by atomic mass is 16.5. The number of likely N-dealkylation sites (tertiary alicyclic amines) is 1. The molecule has 1 atom stereocenters. The zero-order valence-corrected chi connectivity index (χ0v) is 16.4. The van der Waals surface area contributed by atoms with Crippen molar-refractivity contribution in [1.29, 1.82) is 0 Å². The first-order valence-corrected chi connectivity index (χ1v) is 9.60. The van der Waals surface area contributed by atoms with Crippen molar-refractivity contribution in [2.24, 2.45) is 0 Å². The van der Waals surface area contributed by atoms with Gasteiger partial charge in [-0.15, -0.1) is 0 Å². The minimum absolute atomic E-state index is 0.0280. The molecule has 1 amide bonds. The zero-order valence-electron chi connectivity index (χ0n) is 16.4. The lowest BCUT2D eigenvalue weighted by Gasteiger charge is -2.32. The number of amides is 1. The Kier molecular flexibility index (Phi) is 5.57. The Morgan fingerprint density at radius 2 is 2.27 bits per heavy atom. The normalized spacial score (nSPS) is 16.0. The summed E-state index contributed by atoms with van der Waals surface area (Å²) in [7, 11) is 0. The third kappa shape index (κ3) is 3.93. The molecule has 152 valence electrons. The van der Waals surface area contributed by atoms with E-state index in [0.717, 1.165) is 12.8 Å². The Hall–Kier alpha value is -3.93. The summed E-state index contributed by atoms with van der Waals surface area (Å²) in [6.07, 6.45) is 6.14. The van der Waals surface area contributed by atoms with E-state index in [2.05, 4.69) is 38.5 Å². The number of rotatable bonds is 4. The SMILES string of the molecule is C=CC(=O)N1CCC[C@@H](n2nc(C#CCOc3ccccn3)c3c(N)ncnc32)C1. The van der Waals surface area contributed by atoms with Crippen LogP contribution in [0.5, 0.6) is 5.88 Å². The molecule has 2 N–H and O–H groups in total. The van der Waals surface area contributed by atoms with Gasteiger partial charge in [-0.3, -0.25) is 4.79 Å². The van der Waals surface area contributed by atoms with Gasteiger partial charge in [-0.1, -0.05) is 18.6 Å². The highest BCUT2D eigenvalue weighted by molar-refractivity contribution is 5.90. The summed E-state index contributed by atoms with van der Waals surface area (Å²) in [5, 5.41) is 5.27. The molecule has 9 heteroatoms. The minimum atomic E-state index is -0.0861. The number of carbonyl (C=O) groups excluding carboxylic acids is 1. The molecular weight excluding hydrogens is 382 g/mol. The van der Waals surface area contributed by atoms with Gasteiger partial charge < -0.3 is 15.4 Å². The summed E-state index contributed by atoms with van der Waals surface area (Å²) in [4.78, 5) is 26.4. The van der Waals surface area contributed by atoms with Crippen molar-refractivity contribution in [1.82, 2.24) is 29.6 Å².